The Hall–Kier alpha value is -2.35. The molecule has 0 amide bonds. The summed E-state index contributed by atoms with van der Waals surface area (Å²) in [5.41, 5.74) is 0.749. The summed E-state index contributed by atoms with van der Waals surface area (Å²) in [6.45, 7) is 13.5. The average molecular weight is 281 g/mol. The van der Waals surface area contributed by atoms with E-state index >= 15 is 0 Å². The van der Waals surface area contributed by atoms with Crippen molar-refractivity contribution < 1.29 is 19.4 Å². The van der Waals surface area contributed by atoms with Gasteiger partial charge in [0.1, 0.15) is 0 Å². The van der Waals surface area contributed by atoms with E-state index in [1.165, 1.54) is 13.2 Å². The molecular weight excluding hydrogens is 258 g/mol. The van der Waals surface area contributed by atoms with Gasteiger partial charge in [0, 0.05) is 17.2 Å². The van der Waals surface area contributed by atoms with Gasteiger partial charge in [-0.15, -0.1) is 0 Å². The number of esters is 1. The van der Waals surface area contributed by atoms with Crippen molar-refractivity contribution in [2.24, 2.45) is 0 Å². The topological polar surface area (TPSA) is 87.4 Å². The summed E-state index contributed by atoms with van der Waals surface area (Å²) in [7, 11) is 1.33. The van der Waals surface area contributed by atoms with Gasteiger partial charge in [-0.25, -0.2) is 9.59 Å². The third-order valence-electron chi connectivity index (χ3n) is 1.76. The Morgan fingerprint density at radius 3 is 2.00 bits per heavy atom. The average Bonchev–Trinajstić information content (AvgIpc) is 2.44. The first-order valence-corrected chi connectivity index (χ1v) is 5.93. The van der Waals surface area contributed by atoms with Gasteiger partial charge in [0.25, 0.3) is 0 Å². The first kappa shape index (κ1) is 22.8. The van der Waals surface area contributed by atoms with Crippen molar-refractivity contribution in [3.63, 3.8) is 0 Å². The second-order valence-electron chi connectivity index (χ2n) is 3.62. The van der Waals surface area contributed by atoms with Crippen LogP contribution in [0.3, 0.4) is 0 Å². The van der Waals surface area contributed by atoms with Crippen molar-refractivity contribution in [1.82, 2.24) is 0 Å². The number of carboxylic acids is 1. The Bertz CT molecular complexity index is 378. The molecule has 0 aliphatic carbocycles. The van der Waals surface area contributed by atoms with Crippen molar-refractivity contribution in [3.8, 4) is 6.07 Å². The second kappa shape index (κ2) is 16.6. The molecule has 0 bridgehead atoms. The van der Waals surface area contributed by atoms with Crippen molar-refractivity contribution in [2.45, 2.75) is 33.1 Å². The van der Waals surface area contributed by atoms with E-state index in [0.29, 0.717) is 17.6 Å². The zero-order chi connectivity index (χ0) is 16.6. The third kappa shape index (κ3) is 21.0. The molecule has 0 aromatic rings. The number of rotatable bonds is 5. The minimum Gasteiger partial charge on any atom is -0.478 e. The van der Waals surface area contributed by atoms with Gasteiger partial charge < -0.3 is 9.84 Å². The number of carbonyl (C=O) groups excluding carboxylic acids is 1. The molecule has 0 aromatic heterocycles. The second-order valence-corrected chi connectivity index (χ2v) is 3.62. The molecule has 0 aromatic carbocycles. The van der Waals surface area contributed by atoms with Gasteiger partial charge in [-0.2, -0.15) is 5.26 Å². The first-order valence-electron chi connectivity index (χ1n) is 5.93. The van der Waals surface area contributed by atoms with Crippen molar-refractivity contribution in [2.75, 3.05) is 7.11 Å². The van der Waals surface area contributed by atoms with Crippen LogP contribution >= 0.6 is 0 Å². The minimum atomic E-state index is -0.872. The molecule has 112 valence electrons. The fraction of sp³-hybridized carbons (Fsp3) is 0.400. The normalized spacial score (nSPS) is 7.50. The highest BCUT2D eigenvalue weighted by molar-refractivity contribution is 5.86. The van der Waals surface area contributed by atoms with Gasteiger partial charge in [0.15, 0.2) is 0 Å². The predicted octanol–water partition coefficient (Wildman–Crippen LogP) is 3.25. The van der Waals surface area contributed by atoms with Gasteiger partial charge in [0.2, 0.25) is 0 Å². The molecule has 0 unspecified atom stereocenters. The van der Waals surface area contributed by atoms with Crippen molar-refractivity contribution >= 4 is 11.9 Å². The number of allylic oxidation sites excluding steroid dienone is 1. The molecule has 0 radical (unpaired) electrons. The smallest absolute Gasteiger partial charge is 0.332 e. The third-order valence-corrected chi connectivity index (χ3v) is 1.76. The number of carboxylic acid groups (broad SMARTS) is 1. The predicted molar refractivity (Wildman–Crippen MR) is 78.9 cm³/mol. The molecular formula is C15H23NO4. The van der Waals surface area contributed by atoms with Crippen LogP contribution in [-0.4, -0.2) is 24.2 Å². The van der Waals surface area contributed by atoms with Gasteiger partial charge >= 0.3 is 11.9 Å². The van der Waals surface area contributed by atoms with Crippen LogP contribution in [0.1, 0.15) is 33.1 Å². The summed E-state index contributed by atoms with van der Waals surface area (Å²) in [4.78, 5) is 20.3. The van der Waals surface area contributed by atoms with E-state index in [2.05, 4.69) is 24.5 Å². The maximum atomic E-state index is 10.2. The molecule has 0 aliphatic rings. The standard InChI is InChI=1S/C7H12O2.C5H8O2.C3H3N/c1-3-4-5-6(2)7(8)9;1-4(2)5(6)7-3;1-2-3-4/h2-5H2,1H3,(H,8,9);1H2,2-3H3;2H,1H2. The monoisotopic (exact) mass is 281 g/mol. The summed E-state index contributed by atoms with van der Waals surface area (Å²) in [5.74, 6) is -1.22. The summed E-state index contributed by atoms with van der Waals surface area (Å²) < 4.78 is 4.27. The van der Waals surface area contributed by atoms with Crippen LogP contribution in [0.2, 0.25) is 0 Å². The maximum absolute atomic E-state index is 10.2. The summed E-state index contributed by atoms with van der Waals surface area (Å²) in [6.07, 6.45) is 3.74. The van der Waals surface area contributed by atoms with E-state index in [9.17, 15) is 9.59 Å². The van der Waals surface area contributed by atoms with Gasteiger partial charge in [-0.1, -0.05) is 33.1 Å². The van der Waals surface area contributed by atoms with Gasteiger partial charge in [-0.3, -0.25) is 0 Å². The molecule has 0 fully saturated rings. The van der Waals surface area contributed by atoms with E-state index in [1.54, 1.807) is 13.0 Å². The number of unbranched alkanes of at least 4 members (excludes halogenated alkanes) is 1. The number of nitriles is 1. The van der Waals surface area contributed by atoms with Gasteiger partial charge in [0.05, 0.1) is 13.2 Å². The quantitative estimate of drug-likeness (QED) is 0.475. The number of methoxy groups -OCH3 is 1. The van der Waals surface area contributed by atoms with Crippen LogP contribution < -0.4 is 0 Å². The van der Waals surface area contributed by atoms with E-state index < -0.39 is 5.97 Å². The lowest BCUT2D eigenvalue weighted by atomic mass is 10.1. The Labute approximate surface area is 120 Å². The van der Waals surface area contributed by atoms with Crippen LogP contribution in [0, 0.1) is 11.3 Å². The highest BCUT2D eigenvalue weighted by Gasteiger charge is 2.00. The number of hydrogen-bond acceptors (Lipinski definition) is 4. The SMILES string of the molecule is C=C(C)C(=O)OC.C=C(CCCC)C(=O)O.C=CC#N. The molecule has 0 atom stereocenters. The number of hydrogen-bond donors (Lipinski definition) is 1. The molecule has 0 aliphatic heterocycles. The number of aliphatic carboxylic acids is 1. The number of nitrogens with zero attached hydrogens (tertiary/aromatic N) is 1. The molecule has 0 saturated carbocycles. The Balaban J connectivity index is -0.000000234. The molecule has 0 spiro atoms. The Morgan fingerprint density at radius 1 is 1.40 bits per heavy atom. The molecule has 0 rings (SSSR count). The van der Waals surface area contributed by atoms with E-state index in [0.717, 1.165) is 12.8 Å². The van der Waals surface area contributed by atoms with E-state index in [-0.39, 0.29) is 5.97 Å². The number of ether oxygens (including phenoxy) is 1. The van der Waals surface area contributed by atoms with Crippen LogP contribution in [0.15, 0.2) is 37.0 Å². The van der Waals surface area contributed by atoms with E-state index in [1.807, 2.05) is 6.92 Å². The summed E-state index contributed by atoms with van der Waals surface area (Å²) in [5, 5.41) is 15.8. The highest BCUT2D eigenvalue weighted by Crippen LogP contribution is 2.03. The Morgan fingerprint density at radius 2 is 1.85 bits per heavy atom. The van der Waals surface area contributed by atoms with Crippen molar-refractivity contribution in [1.29, 1.82) is 5.26 Å². The fourth-order valence-electron chi connectivity index (χ4n) is 0.671. The summed E-state index contributed by atoms with van der Waals surface area (Å²) >= 11 is 0. The molecule has 0 heterocycles. The maximum Gasteiger partial charge on any atom is 0.332 e. The fourth-order valence-corrected chi connectivity index (χ4v) is 0.671. The lowest BCUT2D eigenvalue weighted by Gasteiger charge is -1.95. The zero-order valence-corrected chi connectivity index (χ0v) is 12.4. The van der Waals surface area contributed by atoms with Gasteiger partial charge in [-0.05, 0) is 19.8 Å². The van der Waals surface area contributed by atoms with Crippen LogP contribution in [0.5, 0.6) is 0 Å². The number of carbonyl (C=O) groups is 2. The largest absolute Gasteiger partial charge is 0.478 e. The lowest BCUT2D eigenvalue weighted by molar-refractivity contribution is -0.136. The van der Waals surface area contributed by atoms with Crippen LogP contribution in [0.25, 0.3) is 0 Å². The molecule has 5 heteroatoms. The molecule has 20 heavy (non-hydrogen) atoms. The molecule has 0 saturated heterocycles. The summed E-state index contributed by atoms with van der Waals surface area (Å²) in [6, 6.07) is 1.69. The van der Waals surface area contributed by atoms with E-state index in [4.69, 9.17) is 10.4 Å². The Kier molecular flexibility index (Phi) is 19.0. The molecule has 1 N–H and O–H groups in total. The first-order chi connectivity index (χ1) is 9.28. The van der Waals surface area contributed by atoms with Crippen molar-refractivity contribution in [3.05, 3.63) is 37.0 Å². The lowest BCUT2D eigenvalue weighted by Crippen LogP contribution is -1.98. The molecule has 5 nitrogen and oxygen atoms in total. The highest BCUT2D eigenvalue weighted by atomic mass is 16.5. The van der Waals surface area contributed by atoms with Crippen LogP contribution in [0.4, 0.5) is 0 Å². The minimum absolute atomic E-state index is 0.317. The van der Waals surface area contributed by atoms with Crippen LogP contribution in [-0.2, 0) is 14.3 Å². The zero-order valence-electron chi connectivity index (χ0n) is 12.4.